The minimum absolute atomic E-state index is 0.205. The predicted molar refractivity (Wildman–Crippen MR) is 60.4 cm³/mol. The molecule has 0 atom stereocenters. The summed E-state index contributed by atoms with van der Waals surface area (Å²) in [5.41, 5.74) is -1.52. The Hall–Kier alpha value is -0.910. The lowest BCUT2D eigenvalue weighted by atomic mass is 10.2. The van der Waals surface area contributed by atoms with E-state index in [1.54, 1.807) is 0 Å². The highest BCUT2D eigenvalue weighted by Gasteiger charge is 2.37. The van der Waals surface area contributed by atoms with Gasteiger partial charge in [-0.15, -0.1) is 11.8 Å². The fourth-order valence-electron chi connectivity index (χ4n) is 1.98. The molecule has 0 N–H and O–H groups in total. The van der Waals surface area contributed by atoms with Crippen LogP contribution in [0.3, 0.4) is 0 Å². The van der Waals surface area contributed by atoms with Crippen molar-refractivity contribution in [2.45, 2.75) is 37.5 Å². The van der Waals surface area contributed by atoms with E-state index in [1.807, 2.05) is 0 Å². The molecule has 2 rings (SSSR count). The van der Waals surface area contributed by atoms with Gasteiger partial charge in [0.25, 0.3) is 0 Å². The Kier molecular flexibility index (Phi) is 3.25. The van der Waals surface area contributed by atoms with E-state index in [9.17, 15) is 18.0 Å². The van der Waals surface area contributed by atoms with Gasteiger partial charge in [-0.05, 0) is 25.5 Å². The maximum absolute atomic E-state index is 13.0. The van der Waals surface area contributed by atoms with Crippen LogP contribution in [0.25, 0.3) is 0 Å². The molecule has 0 spiro atoms. The molecule has 1 aromatic heterocycles. The Bertz CT molecular complexity index is 493. The van der Waals surface area contributed by atoms with Crippen molar-refractivity contribution in [2.24, 2.45) is 0 Å². The summed E-state index contributed by atoms with van der Waals surface area (Å²) in [5.74, 6) is 0.764. The second-order valence-corrected chi connectivity index (χ2v) is 5.14. The van der Waals surface area contributed by atoms with Crippen molar-refractivity contribution >= 4 is 11.8 Å². The van der Waals surface area contributed by atoms with Gasteiger partial charge in [-0.1, -0.05) is 0 Å². The van der Waals surface area contributed by atoms with Gasteiger partial charge in [0.1, 0.15) is 5.69 Å². The lowest BCUT2D eigenvalue weighted by Crippen LogP contribution is -2.24. The molecule has 0 radical (unpaired) electrons. The van der Waals surface area contributed by atoms with E-state index in [0.717, 1.165) is 12.2 Å². The van der Waals surface area contributed by atoms with E-state index in [1.165, 1.54) is 29.3 Å². The number of thioether (sulfide) groups is 1. The third-order valence-corrected chi connectivity index (χ3v) is 3.94. The summed E-state index contributed by atoms with van der Waals surface area (Å²) in [4.78, 5) is 11.5. The number of fused-ring (bicyclic) bond motifs is 1. The molecule has 94 valence electrons. The molecule has 6 heteroatoms. The Morgan fingerprint density at radius 1 is 1.35 bits per heavy atom. The summed E-state index contributed by atoms with van der Waals surface area (Å²) in [5, 5.41) is 0.436. The molecule has 2 nitrogen and oxygen atoms in total. The van der Waals surface area contributed by atoms with Gasteiger partial charge in [-0.3, -0.25) is 4.79 Å². The van der Waals surface area contributed by atoms with E-state index in [4.69, 9.17) is 0 Å². The number of rotatable bonds is 0. The van der Waals surface area contributed by atoms with Crippen LogP contribution in [0, 0.1) is 6.92 Å². The van der Waals surface area contributed by atoms with Gasteiger partial charge in [-0.2, -0.15) is 13.2 Å². The van der Waals surface area contributed by atoms with Crippen molar-refractivity contribution in [2.75, 3.05) is 5.75 Å². The smallest absolute Gasteiger partial charge is 0.332 e. The van der Waals surface area contributed by atoms with Crippen LogP contribution in [-0.4, -0.2) is 10.3 Å². The minimum atomic E-state index is -4.47. The number of hydrogen-bond donors (Lipinski definition) is 0. The van der Waals surface area contributed by atoms with Crippen molar-refractivity contribution in [3.8, 4) is 0 Å². The van der Waals surface area contributed by atoms with Crippen LogP contribution in [0.15, 0.2) is 15.9 Å². The van der Waals surface area contributed by atoms with Crippen LogP contribution in [0.5, 0.6) is 0 Å². The highest BCUT2D eigenvalue weighted by Crippen LogP contribution is 2.34. The summed E-state index contributed by atoms with van der Waals surface area (Å²) >= 11 is 1.33. The van der Waals surface area contributed by atoms with Gasteiger partial charge in [0.15, 0.2) is 5.43 Å². The lowest BCUT2D eigenvalue weighted by molar-refractivity contribution is -0.145. The molecule has 0 saturated carbocycles. The van der Waals surface area contributed by atoms with Crippen LogP contribution in [0.2, 0.25) is 0 Å². The summed E-state index contributed by atoms with van der Waals surface area (Å²) < 4.78 is 40.2. The van der Waals surface area contributed by atoms with Gasteiger partial charge in [0, 0.05) is 18.2 Å². The molecule has 0 amide bonds. The lowest BCUT2D eigenvalue weighted by Gasteiger charge is -2.19. The van der Waals surface area contributed by atoms with Crippen molar-refractivity contribution in [1.82, 2.24) is 4.57 Å². The molecule has 1 aliphatic rings. The molecule has 1 aliphatic heterocycles. The molecule has 0 fully saturated rings. The third kappa shape index (κ3) is 2.36. The molecule has 0 bridgehead atoms. The molecule has 0 unspecified atom stereocenters. The molecule has 1 aromatic rings. The Balaban J connectivity index is 2.71. The van der Waals surface area contributed by atoms with Gasteiger partial charge in [-0.25, -0.2) is 0 Å². The summed E-state index contributed by atoms with van der Waals surface area (Å²) in [6, 6.07) is 1.32. The highest BCUT2D eigenvalue weighted by molar-refractivity contribution is 7.99. The van der Waals surface area contributed by atoms with Crippen molar-refractivity contribution in [3.05, 3.63) is 27.5 Å². The fraction of sp³-hybridized carbons (Fsp3) is 0.545. The van der Waals surface area contributed by atoms with Crippen molar-refractivity contribution in [1.29, 1.82) is 0 Å². The summed E-state index contributed by atoms with van der Waals surface area (Å²) in [6.07, 6.45) is -2.88. The first-order valence-electron chi connectivity index (χ1n) is 5.35. The number of aromatic nitrogens is 1. The summed E-state index contributed by atoms with van der Waals surface area (Å²) in [7, 11) is 0. The van der Waals surface area contributed by atoms with Gasteiger partial charge in [0.05, 0.1) is 5.03 Å². The topological polar surface area (TPSA) is 22.0 Å². The molecule has 0 aromatic carbocycles. The zero-order valence-corrected chi connectivity index (χ0v) is 10.1. The SMILES string of the molecule is Cc1c(C(F)(F)F)n2c(cc1=O)SCCCC2. The second-order valence-electron chi connectivity index (χ2n) is 4.03. The van der Waals surface area contributed by atoms with Gasteiger partial charge >= 0.3 is 6.18 Å². The second kappa shape index (κ2) is 4.40. The molecule has 2 heterocycles. The molecular weight excluding hydrogens is 251 g/mol. The van der Waals surface area contributed by atoms with E-state index < -0.39 is 17.3 Å². The van der Waals surface area contributed by atoms with Crippen LogP contribution in [0.1, 0.15) is 24.1 Å². The number of alkyl halides is 3. The fourth-order valence-corrected chi connectivity index (χ4v) is 3.07. The van der Waals surface area contributed by atoms with E-state index >= 15 is 0 Å². The first-order valence-corrected chi connectivity index (χ1v) is 6.34. The van der Waals surface area contributed by atoms with E-state index in [0.29, 0.717) is 18.0 Å². The predicted octanol–water partition coefficient (Wildman–Crippen LogP) is 3.06. The first kappa shape index (κ1) is 12.5. The monoisotopic (exact) mass is 263 g/mol. The maximum Gasteiger partial charge on any atom is 0.431 e. The normalized spacial score (nSPS) is 16.5. The van der Waals surface area contributed by atoms with E-state index in [-0.39, 0.29) is 5.56 Å². The molecule has 0 saturated heterocycles. The van der Waals surface area contributed by atoms with Crippen LogP contribution in [0.4, 0.5) is 13.2 Å². The first-order chi connectivity index (χ1) is 7.91. The van der Waals surface area contributed by atoms with Crippen LogP contribution < -0.4 is 5.43 Å². The number of hydrogen-bond acceptors (Lipinski definition) is 2. The Labute approximate surface area is 101 Å². The zero-order chi connectivity index (χ0) is 12.6. The maximum atomic E-state index is 13.0. The van der Waals surface area contributed by atoms with Crippen LogP contribution in [-0.2, 0) is 12.7 Å². The van der Waals surface area contributed by atoms with Gasteiger partial charge < -0.3 is 4.57 Å². The Morgan fingerprint density at radius 2 is 2.06 bits per heavy atom. The minimum Gasteiger partial charge on any atom is -0.332 e. The number of halogens is 3. The highest BCUT2D eigenvalue weighted by atomic mass is 32.2. The van der Waals surface area contributed by atoms with Crippen molar-refractivity contribution < 1.29 is 13.2 Å². The van der Waals surface area contributed by atoms with E-state index in [2.05, 4.69) is 0 Å². The summed E-state index contributed by atoms with van der Waals surface area (Å²) in [6.45, 7) is 1.58. The molecule has 0 aliphatic carbocycles. The zero-order valence-electron chi connectivity index (χ0n) is 9.30. The number of pyridine rings is 1. The average molecular weight is 263 g/mol. The quantitative estimate of drug-likeness (QED) is 0.717. The number of nitrogens with zero attached hydrogens (tertiary/aromatic N) is 1. The van der Waals surface area contributed by atoms with Crippen LogP contribution >= 0.6 is 11.8 Å². The van der Waals surface area contributed by atoms with Crippen molar-refractivity contribution in [3.63, 3.8) is 0 Å². The molecule has 17 heavy (non-hydrogen) atoms. The van der Waals surface area contributed by atoms with Gasteiger partial charge in [0.2, 0.25) is 0 Å². The molecular formula is C11H12F3NOS. The largest absolute Gasteiger partial charge is 0.431 e. The standard InChI is InChI=1S/C11H12F3NOS/c1-7-8(16)6-9-15(4-2-3-5-17-9)10(7)11(12,13)14/h6H,2-5H2,1H3. The Morgan fingerprint density at radius 3 is 2.71 bits per heavy atom. The average Bonchev–Trinajstić information content (AvgIpc) is 2.42. The third-order valence-electron chi connectivity index (χ3n) is 2.81.